The van der Waals surface area contributed by atoms with Crippen molar-refractivity contribution < 1.29 is 27.8 Å². The minimum absolute atomic E-state index is 0.655. The van der Waals surface area contributed by atoms with E-state index < -0.39 is 0 Å². The Balaban J connectivity index is 0.000000137. The fraction of sp³-hybridized carbons (Fsp3) is 0. The summed E-state index contributed by atoms with van der Waals surface area (Å²) in [5, 5.41) is 6.71. The lowest BCUT2D eigenvalue weighted by molar-refractivity contribution is 0.360. The van der Waals surface area contributed by atoms with E-state index in [9.17, 15) is 0 Å². The molecule has 0 atom stereocenters. The van der Waals surface area contributed by atoms with E-state index in [1.54, 1.807) is 0 Å². The van der Waals surface area contributed by atoms with Gasteiger partial charge in [-0.2, -0.15) is 0 Å². The van der Waals surface area contributed by atoms with Crippen LogP contribution in [0.4, 0.5) is 34.1 Å². The van der Waals surface area contributed by atoms with Gasteiger partial charge in [-0.3, -0.25) is 0 Å². The number of anilines is 6. The second-order valence-electron chi connectivity index (χ2n) is 21.5. The van der Waals surface area contributed by atoms with E-state index in [1.165, 1.54) is 10.9 Å². The number of fused-ring (bicyclic) bond motifs is 13. The van der Waals surface area contributed by atoms with E-state index in [1.807, 2.05) is 115 Å². The molecule has 0 aliphatic carbocycles. The molecule has 0 saturated carbocycles. The summed E-state index contributed by atoms with van der Waals surface area (Å²) in [6.07, 6.45) is 0. The molecule has 13 aromatic carbocycles. The lowest BCUT2D eigenvalue weighted by Crippen LogP contribution is -2.12. The van der Waals surface area contributed by atoms with Crippen molar-refractivity contribution in [2.75, 3.05) is 9.80 Å². The maximum atomic E-state index is 6.59. The maximum absolute atomic E-state index is 6.59. The molecule has 0 saturated heterocycles. The molecule has 18 rings (SSSR count). The number of para-hydroxylation sites is 10. The predicted octanol–water partition coefficient (Wildman–Crippen LogP) is 22.7. The Kier molecular flexibility index (Phi) is 11.7. The summed E-state index contributed by atoms with van der Waals surface area (Å²) in [5.41, 5.74) is 14.7. The summed E-state index contributed by atoms with van der Waals surface area (Å²) in [6, 6.07) is 101. The largest absolute Gasteiger partial charge is 0.456 e. The molecule has 16 aromatic rings. The number of hydrogen-bond acceptors (Lipinski definition) is 8. The molecular formula is C78H49N3O6. The molecule has 412 valence electrons. The standard InChI is InChI=1S/C42H26N2O3.C36H23NO3/c1-2-11-27(12-3-1)44-34-15-6-4-13-30(34)33-25-28(22-24-35(33)44)43(29-21-23-32-31-14-5-7-17-37(31)45-41(32)26-29)36-16-10-20-40-42(36)47-39-19-9-8-18-38(39)46-40;1-2-9-24(10-3-1)25-17-19-26(20-18-25)37(27-21-22-29-28-11-4-5-13-31(28)38-35(29)23-27)30-12-8-16-34-36(30)40-33-15-7-6-14-32(33)39-34/h1-26H;1-23H. The van der Waals surface area contributed by atoms with Gasteiger partial charge in [0.2, 0.25) is 0 Å². The van der Waals surface area contributed by atoms with Crippen LogP contribution >= 0.6 is 0 Å². The average molecular weight is 1120 g/mol. The van der Waals surface area contributed by atoms with Gasteiger partial charge in [-0.25, -0.2) is 0 Å². The monoisotopic (exact) mass is 1120 g/mol. The Morgan fingerprint density at radius 1 is 0.241 bits per heavy atom. The molecule has 0 unspecified atom stereocenters. The van der Waals surface area contributed by atoms with E-state index in [2.05, 4.69) is 196 Å². The second kappa shape index (κ2) is 20.4. The maximum Gasteiger partial charge on any atom is 0.194 e. The van der Waals surface area contributed by atoms with Gasteiger partial charge in [0.25, 0.3) is 0 Å². The normalized spacial score (nSPS) is 12.0. The summed E-state index contributed by atoms with van der Waals surface area (Å²) >= 11 is 0. The molecule has 3 aromatic heterocycles. The summed E-state index contributed by atoms with van der Waals surface area (Å²) in [6.45, 7) is 0. The number of rotatable bonds is 8. The van der Waals surface area contributed by atoms with Gasteiger partial charge in [0.15, 0.2) is 46.0 Å². The van der Waals surface area contributed by atoms with Crippen LogP contribution in [0, 0.1) is 0 Å². The SMILES string of the molecule is c1ccc(-c2ccc(N(c3ccc4c(c3)oc3ccccc34)c3cccc4c3Oc3ccccc3O4)cc2)cc1.c1ccc(-n2c3ccccc3c3cc(N(c4ccc5c(c4)oc4ccccc45)c4cccc5c4Oc4ccccc4O5)ccc32)cc1. The number of aromatic nitrogens is 1. The summed E-state index contributed by atoms with van der Waals surface area (Å²) in [5.74, 6) is 5.43. The topological polar surface area (TPSA) is 74.6 Å². The first-order valence-corrected chi connectivity index (χ1v) is 28.9. The zero-order valence-electron chi connectivity index (χ0n) is 46.6. The van der Waals surface area contributed by atoms with Crippen LogP contribution in [0.2, 0.25) is 0 Å². The lowest BCUT2D eigenvalue weighted by Gasteiger charge is -2.30. The molecule has 0 fully saturated rings. The lowest BCUT2D eigenvalue weighted by atomic mass is 10.0. The molecule has 5 heterocycles. The van der Waals surface area contributed by atoms with Crippen molar-refractivity contribution in [2.45, 2.75) is 0 Å². The van der Waals surface area contributed by atoms with Crippen LogP contribution in [-0.2, 0) is 0 Å². The van der Waals surface area contributed by atoms with Crippen molar-refractivity contribution in [2.24, 2.45) is 0 Å². The van der Waals surface area contributed by atoms with Crippen molar-refractivity contribution in [3.8, 4) is 62.8 Å². The van der Waals surface area contributed by atoms with Crippen LogP contribution < -0.4 is 28.7 Å². The molecule has 9 heteroatoms. The van der Waals surface area contributed by atoms with E-state index >= 15 is 0 Å². The fourth-order valence-corrected chi connectivity index (χ4v) is 12.4. The Morgan fingerprint density at radius 2 is 0.644 bits per heavy atom. The molecule has 0 amide bonds. The average Bonchev–Trinajstić information content (AvgIpc) is 1.90. The van der Waals surface area contributed by atoms with Gasteiger partial charge in [0.05, 0.1) is 33.8 Å². The Bertz CT molecular complexity index is 5320. The highest BCUT2D eigenvalue weighted by Gasteiger charge is 2.29. The zero-order valence-corrected chi connectivity index (χ0v) is 46.6. The van der Waals surface area contributed by atoms with Crippen molar-refractivity contribution in [1.29, 1.82) is 0 Å². The molecule has 0 spiro atoms. The molecule has 9 nitrogen and oxygen atoms in total. The van der Waals surface area contributed by atoms with Crippen LogP contribution in [0.1, 0.15) is 0 Å². The van der Waals surface area contributed by atoms with Gasteiger partial charge in [-0.05, 0) is 145 Å². The third kappa shape index (κ3) is 8.55. The van der Waals surface area contributed by atoms with E-state index in [4.69, 9.17) is 27.8 Å². The van der Waals surface area contributed by atoms with E-state index in [-0.39, 0.29) is 0 Å². The Morgan fingerprint density at radius 3 is 1.22 bits per heavy atom. The highest BCUT2D eigenvalue weighted by molar-refractivity contribution is 6.12. The number of benzene rings is 13. The van der Waals surface area contributed by atoms with Crippen LogP contribution in [-0.4, -0.2) is 4.57 Å². The highest BCUT2D eigenvalue weighted by Crippen LogP contribution is 2.55. The van der Waals surface area contributed by atoms with Crippen LogP contribution in [0.25, 0.3) is 82.5 Å². The summed E-state index contributed by atoms with van der Waals surface area (Å²) in [4.78, 5) is 4.42. The quantitative estimate of drug-likeness (QED) is 0.149. The van der Waals surface area contributed by atoms with Gasteiger partial charge in [0, 0.05) is 61.5 Å². The first-order chi connectivity index (χ1) is 43.1. The Hall–Kier alpha value is -11.9. The number of ether oxygens (including phenoxy) is 4. The van der Waals surface area contributed by atoms with Crippen molar-refractivity contribution in [3.05, 3.63) is 297 Å². The number of nitrogens with zero attached hydrogens (tertiary/aromatic N) is 3. The molecule has 2 aliphatic heterocycles. The highest BCUT2D eigenvalue weighted by atomic mass is 16.6. The van der Waals surface area contributed by atoms with Crippen molar-refractivity contribution in [3.63, 3.8) is 0 Å². The molecule has 0 radical (unpaired) electrons. The van der Waals surface area contributed by atoms with Crippen LogP contribution in [0.5, 0.6) is 46.0 Å². The second-order valence-corrected chi connectivity index (χ2v) is 21.5. The first kappa shape index (κ1) is 49.7. The van der Waals surface area contributed by atoms with Crippen LogP contribution in [0.15, 0.2) is 306 Å². The number of furan rings is 2. The van der Waals surface area contributed by atoms with Gasteiger partial charge in [0.1, 0.15) is 22.3 Å². The van der Waals surface area contributed by atoms with Crippen molar-refractivity contribution in [1.82, 2.24) is 4.57 Å². The molecule has 0 bridgehead atoms. The van der Waals surface area contributed by atoms with Gasteiger partial charge >= 0.3 is 0 Å². The van der Waals surface area contributed by atoms with Gasteiger partial charge in [-0.15, -0.1) is 0 Å². The third-order valence-corrected chi connectivity index (χ3v) is 16.4. The molecule has 2 aliphatic rings. The fourth-order valence-electron chi connectivity index (χ4n) is 12.4. The predicted molar refractivity (Wildman–Crippen MR) is 350 cm³/mol. The summed E-state index contributed by atoms with van der Waals surface area (Å²) in [7, 11) is 0. The summed E-state index contributed by atoms with van der Waals surface area (Å²) < 4.78 is 40.6. The molecular weight excluding hydrogens is 1070 g/mol. The minimum atomic E-state index is 0.655. The molecule has 0 N–H and O–H groups in total. The van der Waals surface area contributed by atoms with E-state index in [0.717, 1.165) is 106 Å². The minimum Gasteiger partial charge on any atom is -0.456 e. The van der Waals surface area contributed by atoms with E-state index in [0.29, 0.717) is 46.0 Å². The zero-order chi connectivity index (χ0) is 57.4. The van der Waals surface area contributed by atoms with Gasteiger partial charge < -0.3 is 42.1 Å². The third-order valence-electron chi connectivity index (χ3n) is 16.4. The smallest absolute Gasteiger partial charge is 0.194 e. The first-order valence-electron chi connectivity index (χ1n) is 28.9. The molecule has 87 heavy (non-hydrogen) atoms. The Labute approximate surface area is 499 Å². The van der Waals surface area contributed by atoms with Gasteiger partial charge in [-0.1, -0.05) is 152 Å². The van der Waals surface area contributed by atoms with Crippen LogP contribution in [0.3, 0.4) is 0 Å². The number of hydrogen-bond donors (Lipinski definition) is 0. The van der Waals surface area contributed by atoms with Crippen molar-refractivity contribution >= 4 is 99.8 Å².